The van der Waals surface area contributed by atoms with Gasteiger partial charge in [0.15, 0.2) is 11.7 Å². The Morgan fingerprint density at radius 1 is 1.04 bits per heavy atom. The summed E-state index contributed by atoms with van der Waals surface area (Å²) in [6.07, 6.45) is 0.147. The molecule has 7 nitrogen and oxygen atoms in total. The molecule has 28 heavy (non-hydrogen) atoms. The number of methoxy groups -OCH3 is 1. The summed E-state index contributed by atoms with van der Waals surface area (Å²) in [5, 5.41) is 2.38. The van der Waals surface area contributed by atoms with Crippen molar-refractivity contribution in [3.8, 4) is 11.5 Å². The van der Waals surface area contributed by atoms with Gasteiger partial charge >= 0.3 is 0 Å². The second kappa shape index (κ2) is 11.0. The minimum absolute atomic E-state index is 0.0356. The standard InChI is InChI=1S/C18H17Br2N3O4S/c1-26-13-5-2-11(3-6-13)8-16(24)22-23-18(28)21-17(25)10-27-15-7-4-12(19)9-14(15)20/h2-7,9H,8,10H2,1H3,(H,22,24)(H2,21,23,25,28). The largest absolute Gasteiger partial charge is 0.497 e. The molecule has 0 fully saturated rings. The van der Waals surface area contributed by atoms with Crippen LogP contribution in [0.5, 0.6) is 11.5 Å². The number of amides is 2. The Morgan fingerprint density at radius 3 is 2.39 bits per heavy atom. The summed E-state index contributed by atoms with van der Waals surface area (Å²) in [4.78, 5) is 23.8. The van der Waals surface area contributed by atoms with Crippen LogP contribution in [0.2, 0.25) is 0 Å². The van der Waals surface area contributed by atoms with E-state index in [-0.39, 0.29) is 24.0 Å². The molecular formula is C18H17Br2N3O4S. The first kappa shape index (κ1) is 22.1. The van der Waals surface area contributed by atoms with Crippen molar-refractivity contribution >= 4 is 61.0 Å². The third-order valence-electron chi connectivity index (χ3n) is 3.34. The molecule has 0 heterocycles. The first-order valence-electron chi connectivity index (χ1n) is 7.97. The summed E-state index contributed by atoms with van der Waals surface area (Å²) in [5.74, 6) is 0.460. The lowest BCUT2D eigenvalue weighted by Crippen LogP contribution is -2.49. The van der Waals surface area contributed by atoms with Crippen LogP contribution in [0.25, 0.3) is 0 Å². The number of ether oxygens (including phenoxy) is 2. The Hall–Kier alpha value is -2.17. The van der Waals surface area contributed by atoms with Crippen LogP contribution in [0.15, 0.2) is 51.4 Å². The molecule has 10 heteroatoms. The summed E-state index contributed by atoms with van der Waals surface area (Å²) in [6, 6.07) is 12.4. The number of thiocarbonyl (C=S) groups is 1. The van der Waals surface area contributed by atoms with Crippen molar-refractivity contribution in [3.05, 3.63) is 57.0 Å². The molecule has 2 aromatic rings. The van der Waals surface area contributed by atoms with E-state index in [0.29, 0.717) is 16.0 Å². The molecule has 2 aromatic carbocycles. The molecule has 0 aliphatic heterocycles. The second-order valence-corrected chi connectivity index (χ2v) is 7.62. The highest BCUT2D eigenvalue weighted by Gasteiger charge is 2.09. The first-order chi connectivity index (χ1) is 13.4. The lowest BCUT2D eigenvalue weighted by atomic mass is 10.1. The number of hydrogen-bond donors (Lipinski definition) is 3. The number of carbonyl (C=O) groups is 2. The molecule has 0 aliphatic rings. The van der Waals surface area contributed by atoms with Gasteiger partial charge in [0.05, 0.1) is 18.0 Å². The maximum absolute atomic E-state index is 11.9. The predicted octanol–water partition coefficient (Wildman–Crippen LogP) is 2.86. The smallest absolute Gasteiger partial charge is 0.264 e. The fraction of sp³-hybridized carbons (Fsp3) is 0.167. The van der Waals surface area contributed by atoms with Gasteiger partial charge in [-0.3, -0.25) is 25.8 Å². The fourth-order valence-electron chi connectivity index (χ4n) is 2.03. The first-order valence-corrected chi connectivity index (χ1v) is 9.96. The van der Waals surface area contributed by atoms with Crippen LogP contribution in [-0.4, -0.2) is 30.6 Å². The summed E-state index contributed by atoms with van der Waals surface area (Å²) < 4.78 is 12.1. The van der Waals surface area contributed by atoms with Crippen LogP contribution in [0, 0.1) is 0 Å². The Bertz CT molecular complexity index is 862. The van der Waals surface area contributed by atoms with Gasteiger partial charge in [-0.05, 0) is 64.0 Å². The van der Waals surface area contributed by atoms with E-state index < -0.39 is 5.91 Å². The topological polar surface area (TPSA) is 88.7 Å². The molecule has 2 amide bonds. The Morgan fingerprint density at radius 2 is 1.75 bits per heavy atom. The van der Waals surface area contributed by atoms with Gasteiger partial charge in [0.25, 0.3) is 5.91 Å². The van der Waals surface area contributed by atoms with Crippen LogP contribution < -0.4 is 25.6 Å². The minimum atomic E-state index is -0.461. The molecule has 3 N–H and O–H groups in total. The van der Waals surface area contributed by atoms with E-state index in [0.717, 1.165) is 10.0 Å². The SMILES string of the molecule is COc1ccc(CC(=O)NNC(=S)NC(=O)COc2ccc(Br)cc2Br)cc1. The molecule has 0 saturated carbocycles. The van der Waals surface area contributed by atoms with Crippen molar-refractivity contribution in [2.45, 2.75) is 6.42 Å². The van der Waals surface area contributed by atoms with Gasteiger partial charge < -0.3 is 9.47 Å². The number of rotatable bonds is 6. The maximum atomic E-state index is 11.9. The average molecular weight is 531 g/mol. The van der Waals surface area contributed by atoms with Gasteiger partial charge in [-0.1, -0.05) is 28.1 Å². The second-order valence-electron chi connectivity index (χ2n) is 5.44. The van der Waals surface area contributed by atoms with Gasteiger partial charge in [0.1, 0.15) is 11.5 Å². The molecule has 2 rings (SSSR count). The number of halogens is 2. The van der Waals surface area contributed by atoms with E-state index >= 15 is 0 Å². The van der Waals surface area contributed by atoms with Crippen molar-refractivity contribution in [1.82, 2.24) is 16.2 Å². The third kappa shape index (κ3) is 7.45. The number of nitrogens with one attached hydrogen (secondary N) is 3. The zero-order valence-electron chi connectivity index (χ0n) is 14.8. The predicted molar refractivity (Wildman–Crippen MR) is 116 cm³/mol. The zero-order chi connectivity index (χ0) is 20.5. The van der Waals surface area contributed by atoms with Crippen LogP contribution >= 0.6 is 44.1 Å². The minimum Gasteiger partial charge on any atom is -0.497 e. The van der Waals surface area contributed by atoms with Gasteiger partial charge in [-0.2, -0.15) is 0 Å². The molecule has 0 unspecified atom stereocenters. The molecule has 0 atom stereocenters. The maximum Gasteiger partial charge on any atom is 0.264 e. The van der Waals surface area contributed by atoms with Crippen molar-refractivity contribution in [3.63, 3.8) is 0 Å². The van der Waals surface area contributed by atoms with Gasteiger partial charge in [-0.25, -0.2) is 0 Å². The number of benzene rings is 2. The van der Waals surface area contributed by atoms with Crippen LogP contribution in [0.4, 0.5) is 0 Å². The fourth-order valence-corrected chi connectivity index (χ4v) is 3.36. The van der Waals surface area contributed by atoms with E-state index in [1.54, 1.807) is 49.6 Å². The van der Waals surface area contributed by atoms with Crippen molar-refractivity contribution in [1.29, 1.82) is 0 Å². The highest BCUT2D eigenvalue weighted by molar-refractivity contribution is 9.11. The monoisotopic (exact) mass is 529 g/mol. The molecule has 0 saturated heterocycles. The van der Waals surface area contributed by atoms with E-state index in [4.69, 9.17) is 21.7 Å². The van der Waals surface area contributed by atoms with Crippen LogP contribution in [0.3, 0.4) is 0 Å². The number of hydrogen-bond acceptors (Lipinski definition) is 5. The van der Waals surface area contributed by atoms with Crippen LogP contribution in [0.1, 0.15) is 5.56 Å². The van der Waals surface area contributed by atoms with E-state index in [2.05, 4.69) is 48.0 Å². The number of hydrazine groups is 1. The Balaban J connectivity index is 1.70. The van der Waals surface area contributed by atoms with E-state index in [9.17, 15) is 9.59 Å². The highest BCUT2D eigenvalue weighted by atomic mass is 79.9. The lowest BCUT2D eigenvalue weighted by molar-refractivity contribution is -0.122. The third-order valence-corrected chi connectivity index (χ3v) is 4.66. The average Bonchev–Trinajstić information content (AvgIpc) is 2.66. The summed E-state index contributed by atoms with van der Waals surface area (Å²) in [6.45, 7) is -0.234. The highest BCUT2D eigenvalue weighted by Crippen LogP contribution is 2.28. The molecule has 0 bridgehead atoms. The molecule has 0 radical (unpaired) electrons. The number of carbonyl (C=O) groups excluding carboxylic acids is 2. The molecule has 0 aromatic heterocycles. The van der Waals surface area contributed by atoms with E-state index in [1.807, 2.05) is 0 Å². The van der Waals surface area contributed by atoms with Crippen molar-refractivity contribution in [2.75, 3.05) is 13.7 Å². The summed E-state index contributed by atoms with van der Waals surface area (Å²) >= 11 is 11.7. The van der Waals surface area contributed by atoms with E-state index in [1.165, 1.54) is 0 Å². The van der Waals surface area contributed by atoms with Gasteiger partial charge in [0, 0.05) is 4.47 Å². The molecule has 0 spiro atoms. The normalized spacial score (nSPS) is 9.96. The van der Waals surface area contributed by atoms with Gasteiger partial charge in [0.2, 0.25) is 5.91 Å². The summed E-state index contributed by atoms with van der Waals surface area (Å²) in [7, 11) is 1.57. The zero-order valence-corrected chi connectivity index (χ0v) is 18.7. The van der Waals surface area contributed by atoms with Gasteiger partial charge in [-0.15, -0.1) is 0 Å². The Kier molecular flexibility index (Phi) is 8.68. The molecular weight excluding hydrogens is 514 g/mol. The lowest BCUT2D eigenvalue weighted by Gasteiger charge is -2.12. The Labute approximate surface area is 184 Å². The van der Waals surface area contributed by atoms with Crippen LogP contribution in [-0.2, 0) is 16.0 Å². The molecule has 148 valence electrons. The molecule has 0 aliphatic carbocycles. The van der Waals surface area contributed by atoms with Crippen molar-refractivity contribution in [2.24, 2.45) is 0 Å². The van der Waals surface area contributed by atoms with Crippen molar-refractivity contribution < 1.29 is 19.1 Å². The summed E-state index contributed by atoms with van der Waals surface area (Å²) in [5.41, 5.74) is 5.71. The quantitative estimate of drug-likeness (QED) is 0.393.